The van der Waals surface area contributed by atoms with E-state index in [-0.39, 0.29) is 22.5 Å². The maximum Gasteiger partial charge on any atom is 0.383 e. The van der Waals surface area contributed by atoms with Crippen LogP contribution in [0.2, 0.25) is 0 Å². The molecule has 1 fully saturated rings. The number of hydrogen-bond acceptors (Lipinski definition) is 15. The summed E-state index contributed by atoms with van der Waals surface area (Å²) in [7, 11) is 1.27. The second kappa shape index (κ2) is 13.1. The summed E-state index contributed by atoms with van der Waals surface area (Å²) in [6.07, 6.45) is -7.02. The minimum absolute atomic E-state index is 0.0174. The molecule has 0 saturated carbocycles. The van der Waals surface area contributed by atoms with E-state index >= 15 is 0 Å². The van der Waals surface area contributed by atoms with Crippen LogP contribution in [0.15, 0.2) is 27.4 Å². The predicted octanol–water partition coefficient (Wildman–Crippen LogP) is 1.19. The van der Waals surface area contributed by atoms with Crippen LogP contribution in [0, 0.1) is 0 Å². The van der Waals surface area contributed by atoms with Crippen molar-refractivity contribution in [3.63, 3.8) is 0 Å². The van der Waals surface area contributed by atoms with Crippen LogP contribution in [0.3, 0.4) is 0 Å². The van der Waals surface area contributed by atoms with Crippen molar-refractivity contribution in [2.45, 2.75) is 65.3 Å². The van der Waals surface area contributed by atoms with Crippen molar-refractivity contribution < 1.29 is 66.3 Å². The van der Waals surface area contributed by atoms with Crippen LogP contribution in [0.4, 0.5) is 0 Å². The van der Waals surface area contributed by atoms with Crippen LogP contribution in [0.5, 0.6) is 17.2 Å². The van der Waals surface area contributed by atoms with Crippen LogP contribution in [-0.2, 0) is 47.7 Å². The maximum absolute atomic E-state index is 12.5. The molecule has 0 N–H and O–H groups in total. The number of rotatable bonds is 9. The van der Waals surface area contributed by atoms with Gasteiger partial charge in [-0.1, -0.05) is 0 Å². The molecule has 15 nitrogen and oxygen atoms in total. The van der Waals surface area contributed by atoms with Gasteiger partial charge in [0.2, 0.25) is 12.4 Å². The van der Waals surface area contributed by atoms with Gasteiger partial charge in [-0.15, -0.1) is 0 Å². The minimum atomic E-state index is -1.51. The molecule has 2 aromatic rings. The lowest BCUT2D eigenvalue weighted by Crippen LogP contribution is -2.63. The van der Waals surface area contributed by atoms with Gasteiger partial charge in [0.1, 0.15) is 24.0 Å². The third-order valence-electron chi connectivity index (χ3n) is 5.44. The number of benzene rings is 1. The molecule has 0 amide bonds. The first kappa shape index (κ1) is 30.9. The van der Waals surface area contributed by atoms with Gasteiger partial charge in [0.15, 0.2) is 18.0 Å². The molecule has 1 aromatic heterocycles. The Morgan fingerprint density at radius 3 is 1.95 bits per heavy atom. The fourth-order valence-corrected chi connectivity index (χ4v) is 4.06. The summed E-state index contributed by atoms with van der Waals surface area (Å²) in [5.74, 6) is -4.33. The summed E-state index contributed by atoms with van der Waals surface area (Å²) in [4.78, 5) is 71.3. The maximum atomic E-state index is 12.5. The highest BCUT2D eigenvalue weighted by Gasteiger charge is 2.53. The topological polar surface area (TPSA) is 189 Å². The van der Waals surface area contributed by atoms with E-state index in [1.807, 2.05) is 0 Å². The van der Waals surface area contributed by atoms with Crippen molar-refractivity contribution in [2.24, 2.45) is 0 Å². The zero-order valence-corrected chi connectivity index (χ0v) is 22.9. The summed E-state index contributed by atoms with van der Waals surface area (Å²) in [6, 6.07) is 4.13. The molecule has 0 bridgehead atoms. The second-order valence-corrected chi connectivity index (χ2v) is 8.69. The van der Waals surface area contributed by atoms with E-state index in [4.69, 9.17) is 42.3 Å². The Morgan fingerprint density at radius 1 is 0.780 bits per heavy atom. The van der Waals surface area contributed by atoms with Gasteiger partial charge in [-0.25, -0.2) is 4.79 Å². The van der Waals surface area contributed by atoms with Gasteiger partial charge < -0.3 is 42.3 Å². The Labute approximate surface area is 232 Å². The number of carbonyl (C=O) groups is 5. The van der Waals surface area contributed by atoms with Crippen molar-refractivity contribution in [1.29, 1.82) is 0 Å². The number of hydrogen-bond donors (Lipinski definition) is 0. The first-order valence-electron chi connectivity index (χ1n) is 12.1. The number of ether oxygens (including phenoxy) is 8. The molecule has 0 radical (unpaired) electrons. The lowest BCUT2D eigenvalue weighted by Gasteiger charge is -2.43. The van der Waals surface area contributed by atoms with E-state index in [0.29, 0.717) is 0 Å². The van der Waals surface area contributed by atoms with Crippen LogP contribution in [0.25, 0.3) is 11.0 Å². The molecule has 15 heteroatoms. The Morgan fingerprint density at radius 2 is 1.39 bits per heavy atom. The summed E-state index contributed by atoms with van der Waals surface area (Å²) in [5.41, 5.74) is -1.04. The lowest BCUT2D eigenvalue weighted by molar-refractivity contribution is -0.288. The van der Waals surface area contributed by atoms with Crippen molar-refractivity contribution in [2.75, 3.05) is 13.7 Å². The van der Waals surface area contributed by atoms with E-state index in [0.717, 1.165) is 34.6 Å². The zero-order chi connectivity index (χ0) is 30.4. The van der Waals surface area contributed by atoms with Gasteiger partial charge in [0.25, 0.3) is 5.75 Å². The average molecular weight is 580 g/mol. The normalized spacial score (nSPS) is 21.8. The van der Waals surface area contributed by atoms with Crippen LogP contribution in [-0.4, -0.2) is 74.3 Å². The minimum Gasteiger partial charge on any atom is -0.492 e. The Bertz CT molecular complexity index is 1390. The average Bonchev–Trinajstić information content (AvgIpc) is 2.85. The third-order valence-corrected chi connectivity index (χ3v) is 5.44. The SMILES string of the molecule is COc1c(OC(C)=O)c(=O)oc2cc(O[C@@H]3O[C@H](COC(C)=O)[C@H](OC(C)=O)[C@H](OC(C)=O)[C@H]3OC(C)=O)ccc12. The van der Waals surface area contributed by atoms with E-state index in [2.05, 4.69) is 0 Å². The van der Waals surface area contributed by atoms with Gasteiger partial charge >= 0.3 is 35.5 Å². The van der Waals surface area contributed by atoms with E-state index in [1.54, 1.807) is 0 Å². The van der Waals surface area contributed by atoms with Gasteiger partial charge in [-0.2, -0.15) is 0 Å². The number of methoxy groups -OCH3 is 1. The summed E-state index contributed by atoms with van der Waals surface area (Å²) in [6.45, 7) is 5.08. The molecule has 1 saturated heterocycles. The van der Waals surface area contributed by atoms with Gasteiger partial charge in [-0.05, 0) is 12.1 Å². The molecule has 5 atom stereocenters. The van der Waals surface area contributed by atoms with Crippen LogP contribution >= 0.6 is 0 Å². The fourth-order valence-electron chi connectivity index (χ4n) is 4.06. The fraction of sp³-hybridized carbons (Fsp3) is 0.462. The Balaban J connectivity index is 2.06. The molecular weight excluding hydrogens is 552 g/mol. The molecule has 3 rings (SSSR count). The first-order chi connectivity index (χ1) is 19.3. The Kier molecular flexibility index (Phi) is 9.89. The van der Waals surface area contributed by atoms with Crippen LogP contribution in [0.1, 0.15) is 34.6 Å². The highest BCUT2D eigenvalue weighted by molar-refractivity contribution is 5.87. The van der Waals surface area contributed by atoms with Gasteiger partial charge in [0, 0.05) is 40.7 Å². The molecule has 1 aromatic carbocycles. The largest absolute Gasteiger partial charge is 0.492 e. The quantitative estimate of drug-likeness (QED) is 0.233. The van der Waals surface area contributed by atoms with Gasteiger partial charge in [0.05, 0.1) is 12.5 Å². The van der Waals surface area contributed by atoms with Gasteiger partial charge in [-0.3, -0.25) is 24.0 Å². The number of esters is 5. The molecular formula is C26H28O15. The van der Waals surface area contributed by atoms with Crippen molar-refractivity contribution in [3.05, 3.63) is 28.6 Å². The third kappa shape index (κ3) is 7.72. The highest BCUT2D eigenvalue weighted by Crippen LogP contribution is 2.36. The number of fused-ring (bicyclic) bond motifs is 1. The zero-order valence-electron chi connectivity index (χ0n) is 22.9. The summed E-state index contributed by atoms with van der Waals surface area (Å²) >= 11 is 0. The molecule has 2 heterocycles. The van der Waals surface area contributed by atoms with Crippen molar-refractivity contribution in [3.8, 4) is 17.2 Å². The van der Waals surface area contributed by atoms with E-state index in [9.17, 15) is 28.8 Å². The molecule has 1 aliphatic rings. The molecule has 1 aliphatic heterocycles. The van der Waals surface area contributed by atoms with Crippen molar-refractivity contribution in [1.82, 2.24) is 0 Å². The van der Waals surface area contributed by atoms with Crippen molar-refractivity contribution >= 4 is 40.8 Å². The highest BCUT2D eigenvalue weighted by atomic mass is 16.7. The summed E-state index contributed by atoms with van der Waals surface area (Å²) in [5, 5.41) is 0.247. The Hall–Kier alpha value is -4.66. The van der Waals surface area contributed by atoms with E-state index < -0.39 is 78.5 Å². The standard InChI is InChI=1S/C26H28O15/c1-11(27)34-10-19-21(35-12(2)28)22(36-13(3)29)24(38-15(5)31)26(41-19)39-16-7-8-17-18(9-16)40-25(32)23(20(17)33-6)37-14(4)30/h7-9,19,21-22,24,26H,10H2,1-6H3/t19-,21+,22+,24-,26-/m1/s1. The lowest BCUT2D eigenvalue weighted by atomic mass is 9.98. The second-order valence-electron chi connectivity index (χ2n) is 8.69. The number of carbonyl (C=O) groups excluding carboxylic acids is 5. The molecule has 222 valence electrons. The predicted molar refractivity (Wildman–Crippen MR) is 133 cm³/mol. The van der Waals surface area contributed by atoms with E-state index in [1.165, 1.54) is 25.3 Å². The summed E-state index contributed by atoms with van der Waals surface area (Å²) < 4.78 is 48.4. The molecule has 41 heavy (non-hydrogen) atoms. The first-order valence-corrected chi connectivity index (χ1v) is 12.1. The monoisotopic (exact) mass is 580 g/mol. The molecule has 0 spiro atoms. The van der Waals surface area contributed by atoms with Crippen LogP contribution < -0.4 is 19.8 Å². The smallest absolute Gasteiger partial charge is 0.383 e. The molecule has 0 unspecified atom stereocenters. The molecule has 0 aliphatic carbocycles.